The third kappa shape index (κ3) is 2.80. The number of carbonyl (C=O) groups is 1. The fourth-order valence-corrected chi connectivity index (χ4v) is 3.32. The van der Waals surface area contributed by atoms with Crippen molar-refractivity contribution in [2.75, 3.05) is 0 Å². The first-order chi connectivity index (χ1) is 11.7. The van der Waals surface area contributed by atoms with Gasteiger partial charge in [0.1, 0.15) is 5.76 Å². The lowest BCUT2D eigenvalue weighted by molar-refractivity contribution is -0.133. The summed E-state index contributed by atoms with van der Waals surface area (Å²) < 4.78 is 5.52. The lowest BCUT2D eigenvalue weighted by Gasteiger charge is -2.28. The van der Waals surface area contributed by atoms with Gasteiger partial charge in [-0.2, -0.15) is 0 Å². The van der Waals surface area contributed by atoms with Crippen LogP contribution in [-0.2, 0) is 11.2 Å². The van der Waals surface area contributed by atoms with Crippen LogP contribution in [0.1, 0.15) is 37.1 Å². The Morgan fingerprint density at radius 1 is 1.25 bits per heavy atom. The van der Waals surface area contributed by atoms with E-state index in [1.165, 1.54) is 0 Å². The smallest absolute Gasteiger partial charge is 0.227 e. The van der Waals surface area contributed by atoms with Crippen molar-refractivity contribution in [1.29, 1.82) is 0 Å². The molecular weight excluding hydrogens is 300 g/mol. The SMILES string of the molecule is C[C@@H](c1ccco1)N(C(=O)Cc1cccc2cccnc12)C1CC1. The molecule has 3 aromatic rings. The maximum atomic E-state index is 13.0. The number of rotatable bonds is 5. The Balaban J connectivity index is 1.61. The van der Waals surface area contributed by atoms with Crippen molar-refractivity contribution < 1.29 is 9.21 Å². The molecule has 2 aromatic heterocycles. The molecule has 122 valence electrons. The highest BCUT2D eigenvalue weighted by Gasteiger charge is 2.37. The highest BCUT2D eigenvalue weighted by Crippen LogP contribution is 2.35. The Morgan fingerprint density at radius 3 is 2.83 bits per heavy atom. The molecule has 4 heteroatoms. The Kier molecular flexibility index (Phi) is 3.81. The number of nitrogens with zero attached hydrogens (tertiary/aromatic N) is 2. The van der Waals surface area contributed by atoms with Gasteiger partial charge in [0.05, 0.1) is 24.2 Å². The van der Waals surface area contributed by atoms with Gasteiger partial charge in [0.15, 0.2) is 0 Å². The Labute approximate surface area is 141 Å². The number of fused-ring (bicyclic) bond motifs is 1. The van der Waals surface area contributed by atoms with Crippen molar-refractivity contribution in [2.45, 2.75) is 38.3 Å². The summed E-state index contributed by atoms with van der Waals surface area (Å²) in [6, 6.07) is 14.1. The number of pyridine rings is 1. The highest BCUT2D eigenvalue weighted by molar-refractivity contribution is 5.88. The van der Waals surface area contributed by atoms with Gasteiger partial charge in [-0.05, 0) is 43.5 Å². The monoisotopic (exact) mass is 320 g/mol. The first-order valence-electron chi connectivity index (χ1n) is 8.41. The van der Waals surface area contributed by atoms with E-state index in [1.807, 2.05) is 54.3 Å². The molecule has 4 rings (SSSR count). The number of amides is 1. The molecule has 1 saturated carbocycles. The normalized spacial score (nSPS) is 15.4. The second kappa shape index (κ2) is 6.11. The summed E-state index contributed by atoms with van der Waals surface area (Å²) in [6.45, 7) is 2.04. The predicted molar refractivity (Wildman–Crippen MR) is 92.4 cm³/mol. The van der Waals surface area contributed by atoms with Crippen LogP contribution < -0.4 is 0 Å². The van der Waals surface area contributed by atoms with Gasteiger partial charge < -0.3 is 9.32 Å². The molecule has 1 aliphatic carbocycles. The molecule has 24 heavy (non-hydrogen) atoms. The number of benzene rings is 1. The summed E-state index contributed by atoms with van der Waals surface area (Å²) in [5.74, 6) is 0.978. The maximum absolute atomic E-state index is 13.0. The van der Waals surface area contributed by atoms with Crippen LogP contribution in [0.25, 0.3) is 10.9 Å². The first-order valence-corrected chi connectivity index (χ1v) is 8.41. The number of aromatic nitrogens is 1. The fourth-order valence-electron chi connectivity index (χ4n) is 3.32. The lowest BCUT2D eigenvalue weighted by Crippen LogP contribution is -2.36. The fraction of sp³-hybridized carbons (Fsp3) is 0.300. The van der Waals surface area contributed by atoms with E-state index < -0.39 is 0 Å². The summed E-state index contributed by atoms with van der Waals surface area (Å²) >= 11 is 0. The van der Waals surface area contributed by atoms with Crippen LogP contribution in [0.3, 0.4) is 0 Å². The second-order valence-electron chi connectivity index (χ2n) is 6.39. The van der Waals surface area contributed by atoms with E-state index in [0.717, 1.165) is 35.1 Å². The molecule has 0 radical (unpaired) electrons. The average Bonchev–Trinajstić information content (AvgIpc) is 3.26. The third-order valence-corrected chi connectivity index (χ3v) is 4.66. The van der Waals surface area contributed by atoms with Gasteiger partial charge in [-0.1, -0.05) is 24.3 Å². The van der Waals surface area contributed by atoms with Crippen LogP contribution in [0.5, 0.6) is 0 Å². The average molecular weight is 320 g/mol. The van der Waals surface area contributed by atoms with Crippen LogP contribution in [0.15, 0.2) is 59.3 Å². The second-order valence-corrected chi connectivity index (χ2v) is 6.39. The van der Waals surface area contributed by atoms with E-state index >= 15 is 0 Å². The zero-order valence-corrected chi connectivity index (χ0v) is 13.7. The molecule has 1 amide bonds. The van der Waals surface area contributed by atoms with Crippen molar-refractivity contribution in [3.63, 3.8) is 0 Å². The van der Waals surface area contributed by atoms with Crippen molar-refractivity contribution >= 4 is 16.8 Å². The molecule has 1 atom stereocenters. The minimum Gasteiger partial charge on any atom is -0.467 e. The van der Waals surface area contributed by atoms with Gasteiger partial charge >= 0.3 is 0 Å². The summed E-state index contributed by atoms with van der Waals surface area (Å²) in [5.41, 5.74) is 1.89. The quantitative estimate of drug-likeness (QED) is 0.710. The van der Waals surface area contributed by atoms with Crippen molar-refractivity contribution in [2.24, 2.45) is 0 Å². The van der Waals surface area contributed by atoms with E-state index in [1.54, 1.807) is 12.5 Å². The molecule has 2 heterocycles. The minimum absolute atomic E-state index is 0.0389. The molecule has 0 aliphatic heterocycles. The van der Waals surface area contributed by atoms with E-state index in [2.05, 4.69) is 4.98 Å². The third-order valence-electron chi connectivity index (χ3n) is 4.66. The lowest BCUT2D eigenvalue weighted by atomic mass is 10.1. The van der Waals surface area contributed by atoms with Crippen molar-refractivity contribution in [3.8, 4) is 0 Å². The van der Waals surface area contributed by atoms with Crippen LogP contribution >= 0.6 is 0 Å². The molecule has 1 fully saturated rings. The van der Waals surface area contributed by atoms with Crippen LogP contribution in [0.4, 0.5) is 0 Å². The van der Waals surface area contributed by atoms with Crippen molar-refractivity contribution in [1.82, 2.24) is 9.88 Å². The van der Waals surface area contributed by atoms with E-state index in [0.29, 0.717) is 12.5 Å². The Bertz CT molecular complexity index is 848. The van der Waals surface area contributed by atoms with Crippen LogP contribution in [0, 0.1) is 0 Å². The predicted octanol–water partition coefficient (Wildman–Crippen LogP) is 4.12. The molecule has 0 unspecified atom stereocenters. The van der Waals surface area contributed by atoms with Gasteiger partial charge in [-0.15, -0.1) is 0 Å². The van der Waals surface area contributed by atoms with E-state index in [-0.39, 0.29) is 11.9 Å². The minimum atomic E-state index is -0.0389. The van der Waals surface area contributed by atoms with Crippen LogP contribution in [-0.4, -0.2) is 21.8 Å². The zero-order chi connectivity index (χ0) is 16.5. The number of hydrogen-bond donors (Lipinski definition) is 0. The largest absolute Gasteiger partial charge is 0.467 e. The Morgan fingerprint density at radius 2 is 2.08 bits per heavy atom. The first kappa shape index (κ1) is 14.9. The molecular formula is C20H20N2O2. The standard InChI is InChI=1S/C20H20N2O2/c1-14(18-8-4-12-24-18)22(17-9-10-17)19(23)13-16-6-2-5-15-7-3-11-21-20(15)16/h2-8,11-12,14,17H,9-10,13H2,1H3/t14-/m0/s1. The number of hydrogen-bond acceptors (Lipinski definition) is 3. The van der Waals surface area contributed by atoms with Crippen molar-refractivity contribution in [3.05, 3.63) is 66.2 Å². The summed E-state index contributed by atoms with van der Waals surface area (Å²) in [6.07, 6.45) is 5.96. The molecule has 1 aromatic carbocycles. The topological polar surface area (TPSA) is 46.3 Å². The van der Waals surface area contributed by atoms with Gasteiger partial charge in [0, 0.05) is 17.6 Å². The molecule has 0 N–H and O–H groups in total. The van der Waals surface area contributed by atoms with Gasteiger partial charge in [-0.25, -0.2) is 0 Å². The Hall–Kier alpha value is -2.62. The molecule has 0 spiro atoms. The molecule has 0 bridgehead atoms. The summed E-state index contributed by atoms with van der Waals surface area (Å²) in [4.78, 5) is 19.5. The highest BCUT2D eigenvalue weighted by atomic mass is 16.3. The number of para-hydroxylation sites is 1. The summed E-state index contributed by atoms with van der Waals surface area (Å²) in [5, 5.41) is 1.07. The van der Waals surface area contributed by atoms with Gasteiger partial charge in [0.2, 0.25) is 5.91 Å². The zero-order valence-electron chi connectivity index (χ0n) is 13.7. The summed E-state index contributed by atoms with van der Waals surface area (Å²) in [7, 11) is 0. The number of carbonyl (C=O) groups excluding carboxylic acids is 1. The maximum Gasteiger partial charge on any atom is 0.227 e. The molecule has 0 saturated heterocycles. The molecule has 4 nitrogen and oxygen atoms in total. The van der Waals surface area contributed by atoms with Crippen LogP contribution in [0.2, 0.25) is 0 Å². The number of furan rings is 1. The van der Waals surface area contributed by atoms with Gasteiger partial charge in [-0.3, -0.25) is 9.78 Å². The van der Waals surface area contributed by atoms with E-state index in [9.17, 15) is 4.79 Å². The molecule has 1 aliphatic rings. The van der Waals surface area contributed by atoms with E-state index in [4.69, 9.17) is 4.42 Å². The van der Waals surface area contributed by atoms with Gasteiger partial charge in [0.25, 0.3) is 0 Å².